The normalized spacial score (nSPS) is 16.1. The fourth-order valence-corrected chi connectivity index (χ4v) is 4.51. The lowest BCUT2D eigenvalue weighted by Gasteiger charge is -2.38. The number of nitrogens with zero attached hydrogens (tertiary/aromatic N) is 4. The molecule has 0 aliphatic carbocycles. The number of benzene rings is 1. The summed E-state index contributed by atoms with van der Waals surface area (Å²) >= 11 is 0. The van der Waals surface area contributed by atoms with Gasteiger partial charge in [-0.15, -0.1) is 0 Å². The highest BCUT2D eigenvalue weighted by Crippen LogP contribution is 2.45. The number of rotatable bonds is 4. The number of methoxy groups -OCH3 is 1. The zero-order chi connectivity index (χ0) is 19.0. The Kier molecular flexibility index (Phi) is 4.77. The van der Waals surface area contributed by atoms with Crippen molar-refractivity contribution in [3.8, 4) is 5.75 Å². The molecule has 0 bridgehead atoms. The maximum atomic E-state index is 5.91. The molecule has 0 amide bonds. The van der Waals surface area contributed by atoms with Gasteiger partial charge in [-0.2, -0.15) is 9.67 Å². The van der Waals surface area contributed by atoms with Gasteiger partial charge in [0.25, 0.3) is 0 Å². The SMILES string of the molecule is COc1c(N(C)N=C(C)c2cccc[n+]2C)cc2c3c1CCCN3CCC2. The van der Waals surface area contributed by atoms with Gasteiger partial charge in [-0.25, -0.2) is 0 Å². The van der Waals surface area contributed by atoms with Crippen LogP contribution < -0.4 is 19.2 Å². The van der Waals surface area contributed by atoms with E-state index in [0.717, 1.165) is 35.7 Å². The van der Waals surface area contributed by atoms with Crippen LogP contribution in [0.4, 0.5) is 11.4 Å². The van der Waals surface area contributed by atoms with Crippen LogP contribution in [0.3, 0.4) is 0 Å². The van der Waals surface area contributed by atoms with Crippen molar-refractivity contribution in [1.29, 1.82) is 0 Å². The van der Waals surface area contributed by atoms with E-state index in [1.54, 1.807) is 7.11 Å². The largest absolute Gasteiger partial charge is 0.494 e. The molecule has 3 heterocycles. The molecule has 2 aromatic rings. The van der Waals surface area contributed by atoms with Gasteiger partial charge in [0.15, 0.2) is 6.20 Å². The van der Waals surface area contributed by atoms with Crippen molar-refractivity contribution in [3.05, 3.63) is 47.3 Å². The molecule has 0 radical (unpaired) electrons. The molecule has 0 saturated carbocycles. The molecule has 0 spiro atoms. The Morgan fingerprint density at radius 2 is 2.00 bits per heavy atom. The Morgan fingerprint density at radius 1 is 1.22 bits per heavy atom. The number of hydrogen-bond acceptors (Lipinski definition) is 4. The summed E-state index contributed by atoms with van der Waals surface area (Å²) in [5, 5.41) is 6.86. The van der Waals surface area contributed by atoms with Crippen molar-refractivity contribution in [3.63, 3.8) is 0 Å². The second kappa shape index (κ2) is 7.22. The Balaban J connectivity index is 1.77. The van der Waals surface area contributed by atoms with Crippen LogP contribution in [0.25, 0.3) is 0 Å². The third-order valence-electron chi connectivity index (χ3n) is 5.73. The van der Waals surface area contributed by atoms with Crippen molar-refractivity contribution in [2.24, 2.45) is 12.1 Å². The van der Waals surface area contributed by atoms with E-state index < -0.39 is 0 Å². The second-order valence-corrected chi connectivity index (χ2v) is 7.52. The van der Waals surface area contributed by atoms with Crippen LogP contribution in [0.1, 0.15) is 36.6 Å². The van der Waals surface area contributed by atoms with Gasteiger partial charge in [0, 0.05) is 43.5 Å². The van der Waals surface area contributed by atoms with Gasteiger partial charge in [-0.1, -0.05) is 0 Å². The fraction of sp³-hybridized carbons (Fsp3) is 0.455. The van der Waals surface area contributed by atoms with Crippen LogP contribution in [0.2, 0.25) is 0 Å². The van der Waals surface area contributed by atoms with Crippen molar-refractivity contribution >= 4 is 17.1 Å². The maximum absolute atomic E-state index is 5.91. The molecule has 1 aromatic heterocycles. The molecule has 0 unspecified atom stereocenters. The molecule has 1 aromatic carbocycles. The van der Waals surface area contributed by atoms with Gasteiger partial charge in [0.05, 0.1) is 7.11 Å². The van der Waals surface area contributed by atoms with Crippen molar-refractivity contribution < 1.29 is 9.30 Å². The predicted molar refractivity (Wildman–Crippen MR) is 110 cm³/mol. The van der Waals surface area contributed by atoms with E-state index in [0.29, 0.717) is 0 Å². The minimum Gasteiger partial charge on any atom is -0.494 e. The van der Waals surface area contributed by atoms with Gasteiger partial charge >= 0.3 is 0 Å². The number of ether oxygens (including phenoxy) is 1. The highest BCUT2D eigenvalue weighted by Gasteiger charge is 2.29. The predicted octanol–water partition coefficient (Wildman–Crippen LogP) is 3.08. The number of hydrogen-bond donors (Lipinski definition) is 0. The minimum absolute atomic E-state index is 0.982. The first-order valence-electron chi connectivity index (χ1n) is 9.82. The summed E-state index contributed by atoms with van der Waals surface area (Å²) in [6.07, 6.45) is 6.69. The van der Waals surface area contributed by atoms with E-state index in [2.05, 4.69) is 28.5 Å². The zero-order valence-corrected chi connectivity index (χ0v) is 16.8. The molecule has 2 aliphatic rings. The first-order valence-corrected chi connectivity index (χ1v) is 9.82. The van der Waals surface area contributed by atoms with E-state index >= 15 is 0 Å². The average Bonchev–Trinajstić information content (AvgIpc) is 2.68. The molecule has 2 aliphatic heterocycles. The first-order chi connectivity index (χ1) is 13.1. The molecule has 142 valence electrons. The van der Waals surface area contributed by atoms with Crippen molar-refractivity contribution in [2.75, 3.05) is 37.2 Å². The smallest absolute Gasteiger partial charge is 0.228 e. The highest BCUT2D eigenvalue weighted by molar-refractivity contribution is 5.96. The standard InChI is InChI=1S/C22H29N4O/c1-16(19-11-5-6-12-24(19)2)23-25(3)20-15-17-9-7-13-26-14-8-10-18(21(17)26)22(20)27-4/h5-6,11-12,15H,7-10,13-14H2,1-4H3/q+1. The molecule has 0 fully saturated rings. The van der Waals surface area contributed by atoms with Gasteiger partial charge in [0.1, 0.15) is 24.2 Å². The van der Waals surface area contributed by atoms with Gasteiger partial charge < -0.3 is 9.64 Å². The summed E-state index contributed by atoms with van der Waals surface area (Å²) < 4.78 is 8.00. The Morgan fingerprint density at radius 3 is 2.74 bits per heavy atom. The summed E-state index contributed by atoms with van der Waals surface area (Å²) in [7, 11) is 5.85. The molecule has 5 heteroatoms. The van der Waals surface area contributed by atoms with Crippen LogP contribution in [-0.2, 0) is 19.9 Å². The summed E-state index contributed by atoms with van der Waals surface area (Å²) in [5.74, 6) is 0.983. The number of aryl methyl sites for hydroxylation is 2. The van der Waals surface area contributed by atoms with Crippen LogP contribution in [0.5, 0.6) is 5.75 Å². The third kappa shape index (κ3) is 3.15. The fourth-order valence-electron chi connectivity index (χ4n) is 4.51. The molecule has 5 nitrogen and oxygen atoms in total. The number of anilines is 2. The third-order valence-corrected chi connectivity index (χ3v) is 5.73. The Bertz CT molecular complexity index is 888. The van der Waals surface area contributed by atoms with E-state index in [1.165, 1.54) is 42.7 Å². The molecular weight excluding hydrogens is 336 g/mol. The Labute approximate surface area is 161 Å². The molecule has 27 heavy (non-hydrogen) atoms. The van der Waals surface area contributed by atoms with E-state index in [9.17, 15) is 0 Å². The van der Waals surface area contributed by atoms with Crippen LogP contribution in [0, 0.1) is 0 Å². The lowest BCUT2D eigenvalue weighted by atomic mass is 9.90. The molecule has 0 saturated heterocycles. The lowest BCUT2D eigenvalue weighted by molar-refractivity contribution is -0.672. The number of aromatic nitrogens is 1. The number of hydrazone groups is 1. The average molecular weight is 366 g/mol. The quantitative estimate of drug-likeness (QED) is 0.474. The van der Waals surface area contributed by atoms with E-state index in [1.807, 2.05) is 37.4 Å². The maximum Gasteiger partial charge on any atom is 0.228 e. The summed E-state index contributed by atoms with van der Waals surface area (Å²) in [5.41, 5.74) is 7.38. The second-order valence-electron chi connectivity index (χ2n) is 7.52. The molecule has 0 N–H and O–H groups in total. The molecule has 4 rings (SSSR count). The zero-order valence-electron chi connectivity index (χ0n) is 16.8. The topological polar surface area (TPSA) is 31.9 Å². The van der Waals surface area contributed by atoms with Crippen LogP contribution in [-0.4, -0.2) is 33.0 Å². The lowest BCUT2D eigenvalue weighted by Crippen LogP contribution is -2.36. The van der Waals surface area contributed by atoms with Crippen LogP contribution >= 0.6 is 0 Å². The summed E-state index contributed by atoms with van der Waals surface area (Å²) in [6.45, 7) is 4.39. The van der Waals surface area contributed by atoms with Gasteiger partial charge in [0.2, 0.25) is 5.69 Å². The van der Waals surface area contributed by atoms with Crippen LogP contribution in [0.15, 0.2) is 35.6 Å². The van der Waals surface area contributed by atoms with Crippen molar-refractivity contribution in [1.82, 2.24) is 0 Å². The summed E-state index contributed by atoms with van der Waals surface area (Å²) in [6, 6.07) is 8.46. The van der Waals surface area contributed by atoms with E-state index in [4.69, 9.17) is 9.84 Å². The molecule has 0 atom stereocenters. The Hall–Kier alpha value is -2.56. The molecular formula is C22H29N4O+. The monoisotopic (exact) mass is 365 g/mol. The van der Waals surface area contributed by atoms with E-state index in [-0.39, 0.29) is 0 Å². The van der Waals surface area contributed by atoms with Gasteiger partial charge in [-0.3, -0.25) is 5.01 Å². The first kappa shape index (κ1) is 17.8. The van der Waals surface area contributed by atoms with Crippen molar-refractivity contribution in [2.45, 2.75) is 32.6 Å². The van der Waals surface area contributed by atoms with Gasteiger partial charge in [-0.05, 0) is 50.3 Å². The highest BCUT2D eigenvalue weighted by atomic mass is 16.5. The minimum atomic E-state index is 0.982. The number of pyridine rings is 1. The summed E-state index contributed by atoms with van der Waals surface area (Å²) in [4.78, 5) is 2.54.